The summed E-state index contributed by atoms with van der Waals surface area (Å²) in [6.45, 7) is 7.56. The number of carbonyl (C=O) groups is 1. The fourth-order valence-electron chi connectivity index (χ4n) is 3.74. The van der Waals surface area contributed by atoms with Gasteiger partial charge in [0.05, 0.1) is 6.04 Å². The van der Waals surface area contributed by atoms with Crippen LogP contribution in [0.25, 0.3) is 0 Å². The summed E-state index contributed by atoms with van der Waals surface area (Å²) < 4.78 is 0. The van der Waals surface area contributed by atoms with Gasteiger partial charge in [-0.3, -0.25) is 9.69 Å². The van der Waals surface area contributed by atoms with Crippen molar-refractivity contribution in [3.05, 3.63) is 24.3 Å². The summed E-state index contributed by atoms with van der Waals surface area (Å²) in [4.78, 5) is 19.5. The Morgan fingerprint density at radius 2 is 1.50 bits per heavy atom. The SMILES string of the molecule is CC(C(=O)N1CCCCCC1)N1CCN(c2ccc(O)cc2)CC1. The number of anilines is 1. The van der Waals surface area contributed by atoms with Crippen LogP contribution in [0.1, 0.15) is 32.6 Å². The highest BCUT2D eigenvalue weighted by Crippen LogP contribution is 2.21. The number of rotatable bonds is 3. The Bertz CT molecular complexity index is 530. The molecule has 1 unspecified atom stereocenters. The Balaban J connectivity index is 1.53. The molecule has 2 fully saturated rings. The van der Waals surface area contributed by atoms with Crippen molar-refractivity contribution in [2.24, 2.45) is 0 Å². The summed E-state index contributed by atoms with van der Waals surface area (Å²) in [5.74, 6) is 0.601. The first-order valence-corrected chi connectivity index (χ1v) is 9.22. The van der Waals surface area contributed by atoms with Crippen molar-refractivity contribution in [2.75, 3.05) is 44.2 Å². The van der Waals surface area contributed by atoms with Crippen LogP contribution >= 0.6 is 0 Å². The number of benzene rings is 1. The normalized spacial score (nSPS) is 21.4. The van der Waals surface area contributed by atoms with Crippen molar-refractivity contribution in [1.29, 1.82) is 0 Å². The Labute approximate surface area is 144 Å². The van der Waals surface area contributed by atoms with Crippen LogP contribution in [-0.4, -0.2) is 66.1 Å². The highest BCUT2D eigenvalue weighted by Gasteiger charge is 2.29. The van der Waals surface area contributed by atoms with Crippen LogP contribution in [0, 0.1) is 0 Å². The van der Waals surface area contributed by atoms with E-state index in [0.29, 0.717) is 11.7 Å². The van der Waals surface area contributed by atoms with E-state index in [4.69, 9.17) is 0 Å². The lowest BCUT2D eigenvalue weighted by atomic mass is 10.1. The molecule has 2 saturated heterocycles. The predicted octanol–water partition coefficient (Wildman–Crippen LogP) is 2.31. The first-order valence-electron chi connectivity index (χ1n) is 9.22. The van der Waals surface area contributed by atoms with Crippen molar-refractivity contribution in [3.8, 4) is 5.75 Å². The lowest BCUT2D eigenvalue weighted by molar-refractivity contribution is -0.136. The molecule has 1 amide bonds. The third-order valence-electron chi connectivity index (χ3n) is 5.35. The molecule has 0 saturated carbocycles. The van der Waals surface area contributed by atoms with E-state index in [-0.39, 0.29) is 6.04 Å². The molecule has 1 aromatic carbocycles. The predicted molar refractivity (Wildman–Crippen MR) is 96.4 cm³/mol. The maximum absolute atomic E-state index is 12.8. The van der Waals surface area contributed by atoms with E-state index in [1.807, 2.05) is 12.1 Å². The molecular formula is C19H29N3O2. The standard InChI is InChI=1S/C19H29N3O2/c1-16(19(24)22-10-4-2-3-5-11-22)20-12-14-21(15-13-20)17-6-8-18(23)9-7-17/h6-9,16,23H,2-5,10-15H2,1H3. The molecule has 0 aromatic heterocycles. The maximum atomic E-state index is 12.8. The van der Waals surface area contributed by atoms with Crippen molar-refractivity contribution in [3.63, 3.8) is 0 Å². The Kier molecular flexibility index (Phi) is 5.61. The second-order valence-electron chi connectivity index (χ2n) is 6.95. The van der Waals surface area contributed by atoms with Crippen LogP contribution in [0.3, 0.4) is 0 Å². The first-order chi connectivity index (χ1) is 11.6. The molecule has 2 aliphatic rings. The summed E-state index contributed by atoms with van der Waals surface area (Å²) in [6.07, 6.45) is 4.80. The van der Waals surface area contributed by atoms with Gasteiger partial charge in [-0.25, -0.2) is 0 Å². The minimum absolute atomic E-state index is 0.0231. The fraction of sp³-hybridized carbons (Fsp3) is 0.632. The number of phenols is 1. The molecule has 1 atom stereocenters. The van der Waals surface area contributed by atoms with Crippen molar-refractivity contribution in [1.82, 2.24) is 9.80 Å². The molecule has 132 valence electrons. The Morgan fingerprint density at radius 1 is 0.917 bits per heavy atom. The Hall–Kier alpha value is -1.75. The van der Waals surface area contributed by atoms with Gasteiger partial charge in [0.1, 0.15) is 5.75 Å². The largest absolute Gasteiger partial charge is 0.508 e. The Morgan fingerprint density at radius 3 is 2.08 bits per heavy atom. The molecule has 1 N–H and O–H groups in total. The average Bonchev–Trinajstić information content (AvgIpc) is 2.91. The van der Waals surface area contributed by atoms with E-state index in [9.17, 15) is 9.90 Å². The zero-order chi connectivity index (χ0) is 16.9. The summed E-state index contributed by atoms with van der Waals surface area (Å²) >= 11 is 0. The minimum atomic E-state index is -0.0231. The van der Waals surface area contributed by atoms with Crippen LogP contribution in [0.5, 0.6) is 5.75 Å². The van der Waals surface area contributed by atoms with Crippen LogP contribution in [-0.2, 0) is 4.79 Å². The molecule has 0 radical (unpaired) electrons. The zero-order valence-corrected chi connectivity index (χ0v) is 14.7. The van der Waals surface area contributed by atoms with Gasteiger partial charge >= 0.3 is 0 Å². The lowest BCUT2D eigenvalue weighted by Gasteiger charge is -2.39. The van der Waals surface area contributed by atoms with Crippen molar-refractivity contribution in [2.45, 2.75) is 38.6 Å². The van der Waals surface area contributed by atoms with Gasteiger partial charge in [-0.15, -0.1) is 0 Å². The second kappa shape index (κ2) is 7.88. The van der Waals surface area contributed by atoms with Gasteiger partial charge in [0, 0.05) is 45.0 Å². The monoisotopic (exact) mass is 331 g/mol. The molecular weight excluding hydrogens is 302 g/mol. The van der Waals surface area contributed by atoms with Crippen molar-refractivity contribution >= 4 is 11.6 Å². The highest BCUT2D eigenvalue weighted by molar-refractivity contribution is 5.81. The van der Waals surface area contributed by atoms with E-state index in [0.717, 1.165) is 57.8 Å². The van der Waals surface area contributed by atoms with Gasteiger partial charge in [0.15, 0.2) is 0 Å². The number of nitrogens with zero attached hydrogens (tertiary/aromatic N) is 3. The minimum Gasteiger partial charge on any atom is -0.508 e. The van der Waals surface area contributed by atoms with Crippen molar-refractivity contribution < 1.29 is 9.90 Å². The average molecular weight is 331 g/mol. The molecule has 0 aliphatic carbocycles. The summed E-state index contributed by atoms with van der Waals surface area (Å²) in [6, 6.07) is 7.35. The number of piperazine rings is 1. The molecule has 2 aliphatic heterocycles. The van der Waals surface area contributed by atoms with Gasteiger partial charge in [-0.2, -0.15) is 0 Å². The van der Waals surface area contributed by atoms with E-state index < -0.39 is 0 Å². The number of hydrogen-bond acceptors (Lipinski definition) is 4. The van der Waals surface area contributed by atoms with E-state index >= 15 is 0 Å². The zero-order valence-electron chi connectivity index (χ0n) is 14.7. The fourth-order valence-corrected chi connectivity index (χ4v) is 3.74. The molecule has 2 heterocycles. The summed E-state index contributed by atoms with van der Waals surface area (Å²) in [5, 5.41) is 9.41. The molecule has 0 bridgehead atoms. The molecule has 5 heteroatoms. The van der Waals surface area contributed by atoms with Crippen LogP contribution in [0.2, 0.25) is 0 Å². The molecule has 24 heavy (non-hydrogen) atoms. The molecule has 5 nitrogen and oxygen atoms in total. The first kappa shape index (κ1) is 17.1. The maximum Gasteiger partial charge on any atom is 0.239 e. The number of likely N-dealkylation sites (tertiary alicyclic amines) is 1. The van der Waals surface area contributed by atoms with Gasteiger partial charge in [-0.1, -0.05) is 12.8 Å². The quantitative estimate of drug-likeness (QED) is 0.923. The highest BCUT2D eigenvalue weighted by atomic mass is 16.3. The van der Waals surface area contributed by atoms with Crippen LogP contribution in [0.4, 0.5) is 5.69 Å². The third-order valence-corrected chi connectivity index (χ3v) is 5.35. The second-order valence-corrected chi connectivity index (χ2v) is 6.95. The van der Waals surface area contributed by atoms with Crippen LogP contribution in [0.15, 0.2) is 24.3 Å². The van der Waals surface area contributed by atoms with Gasteiger partial charge in [0.2, 0.25) is 5.91 Å². The van der Waals surface area contributed by atoms with E-state index in [2.05, 4.69) is 21.6 Å². The number of phenolic OH excluding ortho intramolecular Hbond substituents is 1. The van der Waals surface area contributed by atoms with Gasteiger partial charge in [0.25, 0.3) is 0 Å². The van der Waals surface area contributed by atoms with E-state index in [1.54, 1.807) is 12.1 Å². The molecule has 3 rings (SSSR count). The summed E-state index contributed by atoms with van der Waals surface area (Å²) in [5.41, 5.74) is 1.14. The number of amides is 1. The number of hydrogen-bond donors (Lipinski definition) is 1. The van der Waals surface area contributed by atoms with Gasteiger partial charge < -0.3 is 14.9 Å². The summed E-state index contributed by atoms with van der Waals surface area (Å²) in [7, 11) is 0. The smallest absolute Gasteiger partial charge is 0.239 e. The van der Waals surface area contributed by atoms with Crippen LogP contribution < -0.4 is 4.90 Å². The number of aromatic hydroxyl groups is 1. The third kappa shape index (κ3) is 4.01. The topological polar surface area (TPSA) is 47.0 Å². The molecule has 1 aromatic rings. The molecule has 0 spiro atoms. The van der Waals surface area contributed by atoms with E-state index in [1.165, 1.54) is 12.8 Å². The lowest BCUT2D eigenvalue weighted by Crippen LogP contribution is -2.54. The number of carbonyl (C=O) groups excluding carboxylic acids is 1. The van der Waals surface area contributed by atoms with Gasteiger partial charge in [-0.05, 0) is 44.0 Å².